The molecule has 35 heavy (non-hydrogen) atoms. The molecule has 1 N–H and O–H groups in total. The predicted octanol–water partition coefficient (Wildman–Crippen LogP) is 5.82. The lowest BCUT2D eigenvalue weighted by molar-refractivity contribution is -0.121. The number of fused-ring (bicyclic) bond motifs is 1. The van der Waals surface area contributed by atoms with Gasteiger partial charge >= 0.3 is 0 Å². The summed E-state index contributed by atoms with van der Waals surface area (Å²) in [5, 5.41) is 4.76. The van der Waals surface area contributed by atoms with Gasteiger partial charge in [0.1, 0.15) is 5.00 Å². The predicted molar refractivity (Wildman–Crippen MR) is 146 cm³/mol. The number of nitrogens with one attached hydrogen (secondary N) is 1. The monoisotopic (exact) mass is 504 g/mol. The molecule has 1 aliphatic heterocycles. The fourth-order valence-corrected chi connectivity index (χ4v) is 7.21. The molecule has 1 saturated heterocycles. The van der Waals surface area contributed by atoms with Crippen LogP contribution in [0, 0.1) is 13.8 Å². The lowest BCUT2D eigenvalue weighted by atomic mass is 9.95. The Bertz CT molecular complexity index is 1380. The number of likely N-dealkylation sites (N-methyl/N-ethyl adjacent to an activating group) is 1. The molecule has 0 radical (unpaired) electrons. The van der Waals surface area contributed by atoms with Crippen molar-refractivity contribution in [2.75, 3.05) is 19.4 Å². The maximum atomic E-state index is 13.6. The van der Waals surface area contributed by atoms with E-state index in [1.54, 1.807) is 30.3 Å². The van der Waals surface area contributed by atoms with Crippen LogP contribution in [0.2, 0.25) is 0 Å². The van der Waals surface area contributed by atoms with Gasteiger partial charge in [-0.25, -0.2) is 0 Å². The molecule has 6 nitrogen and oxygen atoms in total. The zero-order valence-electron chi connectivity index (χ0n) is 20.3. The molecule has 0 spiro atoms. The molecule has 8 heteroatoms. The summed E-state index contributed by atoms with van der Waals surface area (Å²) in [5.41, 5.74) is 5.78. The molecule has 0 atom stereocenters. The second kappa shape index (κ2) is 9.51. The number of hydrogen-bond donors (Lipinski definition) is 1. The van der Waals surface area contributed by atoms with Gasteiger partial charge in [0.05, 0.1) is 10.5 Å². The number of benzene rings is 1. The first-order chi connectivity index (χ1) is 16.9. The molecular formula is C27H28N4O2S2. The summed E-state index contributed by atoms with van der Waals surface area (Å²) in [5.74, 6) is -0.111. The number of nitrogens with zero attached hydrogens (tertiary/aromatic N) is 3. The van der Waals surface area contributed by atoms with Gasteiger partial charge in [-0.1, -0.05) is 18.2 Å². The van der Waals surface area contributed by atoms with E-state index in [1.165, 1.54) is 22.2 Å². The number of thiophene rings is 1. The number of aromatic nitrogens is 1. The molecule has 1 aliphatic carbocycles. The number of amides is 2. The summed E-state index contributed by atoms with van der Waals surface area (Å²) >= 11 is 3.11. The molecule has 1 aromatic carbocycles. The standard InChI is InChI=1S/C27H28N4O2S2/c1-16-14-18(15-22-25(33)30(4)27(28-3)35-22)17(2)31(16)26-23(20-12-8-9-13-21(20)34-26)24(32)29-19-10-6-5-7-11-19/h5-7,10-11,14-15H,8-9,12-13H2,1-4H3,(H,29,32)/b22-15-,28-27?. The normalized spacial score (nSPS) is 17.9. The van der Waals surface area contributed by atoms with E-state index < -0.39 is 0 Å². The van der Waals surface area contributed by atoms with Crippen LogP contribution in [0.5, 0.6) is 0 Å². The molecule has 2 aliphatic rings. The smallest absolute Gasteiger partial charge is 0.266 e. The minimum absolute atomic E-state index is 0.0464. The van der Waals surface area contributed by atoms with Gasteiger partial charge in [0.2, 0.25) is 0 Å². The highest BCUT2D eigenvalue weighted by atomic mass is 32.2. The number of thioether (sulfide) groups is 1. The van der Waals surface area contributed by atoms with Crippen molar-refractivity contribution < 1.29 is 9.59 Å². The minimum Gasteiger partial charge on any atom is -0.322 e. The second-order valence-electron chi connectivity index (χ2n) is 8.85. The van der Waals surface area contributed by atoms with Crippen molar-refractivity contribution >= 4 is 51.8 Å². The largest absolute Gasteiger partial charge is 0.322 e. The summed E-state index contributed by atoms with van der Waals surface area (Å²) in [6, 6.07) is 11.7. The van der Waals surface area contributed by atoms with Gasteiger partial charge < -0.3 is 9.88 Å². The fraction of sp³-hybridized carbons (Fsp3) is 0.296. The number of amidine groups is 1. The second-order valence-corrected chi connectivity index (χ2v) is 10.9. The van der Waals surface area contributed by atoms with E-state index in [-0.39, 0.29) is 11.8 Å². The van der Waals surface area contributed by atoms with Crippen molar-refractivity contribution in [3.63, 3.8) is 0 Å². The quantitative estimate of drug-likeness (QED) is 0.456. The summed E-state index contributed by atoms with van der Waals surface area (Å²) < 4.78 is 2.18. The Morgan fingerprint density at radius 3 is 2.60 bits per heavy atom. The highest BCUT2D eigenvalue weighted by Crippen LogP contribution is 2.40. The van der Waals surface area contributed by atoms with Crippen LogP contribution in [0.15, 0.2) is 46.3 Å². The highest BCUT2D eigenvalue weighted by Gasteiger charge is 2.31. The molecule has 0 bridgehead atoms. The van der Waals surface area contributed by atoms with Crippen molar-refractivity contribution in [3.05, 3.63) is 74.3 Å². The van der Waals surface area contributed by atoms with E-state index in [0.29, 0.717) is 10.1 Å². The first-order valence-corrected chi connectivity index (χ1v) is 13.4. The number of aliphatic imine (C=N–C) groups is 1. The van der Waals surface area contributed by atoms with E-state index in [2.05, 4.69) is 34.8 Å². The topological polar surface area (TPSA) is 66.7 Å². The van der Waals surface area contributed by atoms with Crippen LogP contribution >= 0.6 is 23.1 Å². The molecule has 0 unspecified atom stereocenters. The molecule has 180 valence electrons. The fourth-order valence-electron chi connectivity index (χ4n) is 4.80. The van der Waals surface area contributed by atoms with Crippen LogP contribution < -0.4 is 5.32 Å². The van der Waals surface area contributed by atoms with E-state index in [0.717, 1.165) is 58.9 Å². The lowest BCUT2D eigenvalue weighted by Crippen LogP contribution is -2.23. The van der Waals surface area contributed by atoms with Gasteiger partial charge in [-0.3, -0.25) is 19.5 Å². The zero-order valence-corrected chi connectivity index (χ0v) is 22.0. The summed E-state index contributed by atoms with van der Waals surface area (Å²) in [6.07, 6.45) is 6.14. The van der Waals surface area contributed by atoms with E-state index >= 15 is 0 Å². The van der Waals surface area contributed by atoms with Crippen LogP contribution in [-0.4, -0.2) is 40.5 Å². The Hall–Kier alpha value is -3.10. The average Bonchev–Trinajstić information content (AvgIpc) is 3.46. The van der Waals surface area contributed by atoms with Crippen molar-refractivity contribution in [2.45, 2.75) is 39.5 Å². The molecule has 2 amide bonds. The van der Waals surface area contributed by atoms with Gasteiger partial charge in [0, 0.05) is 36.0 Å². The lowest BCUT2D eigenvalue weighted by Gasteiger charge is -2.14. The SMILES string of the molecule is CN=C1S/C(=C\c2cc(C)n(-c3sc4c(c3C(=O)Nc3ccccc3)CCCC4)c2C)C(=O)N1C. The molecule has 5 rings (SSSR count). The highest BCUT2D eigenvalue weighted by molar-refractivity contribution is 8.18. The number of anilines is 1. The first kappa shape index (κ1) is 23.6. The number of aryl methyl sites for hydroxylation is 2. The van der Waals surface area contributed by atoms with Crippen molar-refractivity contribution in [2.24, 2.45) is 4.99 Å². The van der Waals surface area contributed by atoms with E-state index in [1.807, 2.05) is 36.4 Å². The van der Waals surface area contributed by atoms with Crippen molar-refractivity contribution in [3.8, 4) is 5.00 Å². The van der Waals surface area contributed by atoms with Crippen molar-refractivity contribution in [1.82, 2.24) is 9.47 Å². The van der Waals surface area contributed by atoms with Crippen molar-refractivity contribution in [1.29, 1.82) is 0 Å². The number of carbonyl (C=O) groups excluding carboxylic acids is 2. The Kier molecular flexibility index (Phi) is 6.42. The van der Waals surface area contributed by atoms with Gasteiger partial charge in [0.25, 0.3) is 11.8 Å². The summed E-state index contributed by atoms with van der Waals surface area (Å²) in [6.45, 7) is 4.11. The molecule has 1 fully saturated rings. The van der Waals surface area contributed by atoms with E-state index in [4.69, 9.17) is 0 Å². The van der Waals surface area contributed by atoms with Gasteiger partial charge in [-0.05, 0) is 86.7 Å². The Morgan fingerprint density at radius 2 is 1.89 bits per heavy atom. The number of hydrogen-bond acceptors (Lipinski definition) is 5. The van der Waals surface area contributed by atoms with Crippen LogP contribution in [0.25, 0.3) is 11.1 Å². The molecule has 3 aromatic rings. The van der Waals surface area contributed by atoms with Crippen LogP contribution in [0.3, 0.4) is 0 Å². The maximum absolute atomic E-state index is 13.6. The van der Waals surface area contributed by atoms with Gasteiger partial charge in [-0.15, -0.1) is 11.3 Å². The Balaban J connectivity index is 1.59. The van der Waals surface area contributed by atoms with Crippen LogP contribution in [0.1, 0.15) is 50.6 Å². The zero-order chi connectivity index (χ0) is 24.7. The molecule has 0 saturated carbocycles. The number of rotatable bonds is 4. The van der Waals surface area contributed by atoms with E-state index in [9.17, 15) is 9.59 Å². The van der Waals surface area contributed by atoms with Gasteiger partial charge in [-0.2, -0.15) is 0 Å². The number of para-hydroxylation sites is 1. The number of carbonyl (C=O) groups is 2. The Morgan fingerprint density at radius 1 is 1.14 bits per heavy atom. The third kappa shape index (κ3) is 4.25. The van der Waals surface area contributed by atoms with Crippen LogP contribution in [0.4, 0.5) is 5.69 Å². The van der Waals surface area contributed by atoms with Gasteiger partial charge in [0.15, 0.2) is 5.17 Å². The summed E-state index contributed by atoms with van der Waals surface area (Å²) in [7, 11) is 3.44. The Labute approximate surface area is 213 Å². The average molecular weight is 505 g/mol. The van der Waals surface area contributed by atoms with Crippen LogP contribution in [-0.2, 0) is 17.6 Å². The third-order valence-electron chi connectivity index (χ3n) is 6.57. The molecule has 2 aromatic heterocycles. The third-order valence-corrected chi connectivity index (χ3v) is 8.99. The minimum atomic E-state index is -0.0649. The first-order valence-electron chi connectivity index (χ1n) is 11.7. The summed E-state index contributed by atoms with van der Waals surface area (Å²) in [4.78, 5) is 34.0. The molecule has 3 heterocycles. The molecular weight excluding hydrogens is 476 g/mol. The maximum Gasteiger partial charge on any atom is 0.266 e.